The zero-order valence-electron chi connectivity index (χ0n) is 21.0. The standard InChI is InChI=1S/C28H27N3O5S/c1-18-24(37-25(30-18)20-10-14-21(35-4)15-11-20)26(32)31(23-7-5-6-16-29-23)17-19-8-12-22(13-9-19)36-28(2,3)27(33)34/h5-16H,17H2,1-4H3,(H,33,34). The molecular weight excluding hydrogens is 490 g/mol. The zero-order valence-corrected chi connectivity index (χ0v) is 21.8. The van der Waals surface area contributed by atoms with Crippen LogP contribution in [0.4, 0.5) is 5.82 Å². The van der Waals surface area contributed by atoms with E-state index in [-0.39, 0.29) is 12.5 Å². The third-order valence-electron chi connectivity index (χ3n) is 5.65. The van der Waals surface area contributed by atoms with Crippen molar-refractivity contribution in [2.45, 2.75) is 32.9 Å². The lowest BCUT2D eigenvalue weighted by Crippen LogP contribution is -2.37. The fourth-order valence-electron chi connectivity index (χ4n) is 3.53. The molecule has 0 saturated heterocycles. The molecule has 4 rings (SSSR count). The highest BCUT2D eigenvalue weighted by Crippen LogP contribution is 2.31. The summed E-state index contributed by atoms with van der Waals surface area (Å²) in [4.78, 5) is 36.3. The quantitative estimate of drug-likeness (QED) is 0.308. The number of carboxylic acids is 1. The summed E-state index contributed by atoms with van der Waals surface area (Å²) in [5.74, 6) is 0.420. The fourth-order valence-corrected chi connectivity index (χ4v) is 4.55. The first-order valence-electron chi connectivity index (χ1n) is 11.5. The Bertz CT molecular complexity index is 1380. The molecule has 0 saturated carbocycles. The van der Waals surface area contributed by atoms with E-state index < -0.39 is 11.6 Å². The maximum atomic E-state index is 13.8. The van der Waals surface area contributed by atoms with Gasteiger partial charge in [0, 0.05) is 11.8 Å². The second-order valence-electron chi connectivity index (χ2n) is 8.80. The summed E-state index contributed by atoms with van der Waals surface area (Å²) in [6.45, 7) is 5.06. The topological polar surface area (TPSA) is 102 Å². The molecule has 9 heteroatoms. The molecule has 1 N–H and O–H groups in total. The Labute approximate surface area is 219 Å². The van der Waals surface area contributed by atoms with Crippen LogP contribution in [-0.4, -0.2) is 39.7 Å². The van der Waals surface area contributed by atoms with Gasteiger partial charge < -0.3 is 14.6 Å². The van der Waals surface area contributed by atoms with E-state index in [1.54, 1.807) is 54.6 Å². The average Bonchev–Trinajstić information content (AvgIpc) is 3.29. The van der Waals surface area contributed by atoms with Crippen molar-refractivity contribution in [3.05, 3.63) is 89.1 Å². The predicted octanol–water partition coefficient (Wildman–Crippen LogP) is 5.61. The van der Waals surface area contributed by atoms with Crippen LogP contribution in [0.3, 0.4) is 0 Å². The number of benzene rings is 2. The molecule has 0 aliphatic heterocycles. The van der Waals surface area contributed by atoms with Crippen molar-refractivity contribution < 1.29 is 24.2 Å². The van der Waals surface area contributed by atoms with Gasteiger partial charge in [0.25, 0.3) is 5.91 Å². The molecule has 2 aromatic heterocycles. The Kier molecular flexibility index (Phi) is 7.54. The number of aromatic nitrogens is 2. The third kappa shape index (κ3) is 5.95. The Balaban J connectivity index is 1.61. The van der Waals surface area contributed by atoms with E-state index in [1.807, 2.05) is 37.3 Å². The van der Waals surface area contributed by atoms with Gasteiger partial charge in [0.2, 0.25) is 0 Å². The van der Waals surface area contributed by atoms with Crippen LogP contribution in [0.1, 0.15) is 34.8 Å². The molecule has 0 fully saturated rings. The van der Waals surface area contributed by atoms with Crippen LogP contribution < -0.4 is 14.4 Å². The van der Waals surface area contributed by atoms with Gasteiger partial charge in [-0.3, -0.25) is 9.69 Å². The lowest BCUT2D eigenvalue weighted by molar-refractivity contribution is -0.152. The van der Waals surface area contributed by atoms with Crippen molar-refractivity contribution in [2.75, 3.05) is 12.0 Å². The fraction of sp³-hybridized carbons (Fsp3) is 0.214. The molecule has 1 amide bonds. The summed E-state index contributed by atoms with van der Waals surface area (Å²) in [5.41, 5.74) is 1.01. The van der Waals surface area contributed by atoms with Gasteiger partial charge in [-0.25, -0.2) is 14.8 Å². The number of thiazole rings is 1. The van der Waals surface area contributed by atoms with Crippen LogP contribution >= 0.6 is 11.3 Å². The second kappa shape index (κ2) is 10.8. The molecule has 0 bridgehead atoms. The number of carbonyl (C=O) groups excluding carboxylic acids is 1. The summed E-state index contributed by atoms with van der Waals surface area (Å²) in [6.07, 6.45) is 1.64. The van der Waals surface area contributed by atoms with Crippen molar-refractivity contribution in [1.29, 1.82) is 0 Å². The van der Waals surface area contributed by atoms with Crippen LogP contribution in [-0.2, 0) is 11.3 Å². The third-order valence-corrected chi connectivity index (χ3v) is 6.85. The minimum Gasteiger partial charge on any atom is -0.497 e. The molecular formula is C28H27N3O5S. The van der Waals surface area contributed by atoms with Gasteiger partial charge in [0.1, 0.15) is 27.2 Å². The van der Waals surface area contributed by atoms with Gasteiger partial charge in [0.05, 0.1) is 19.3 Å². The molecule has 0 aliphatic carbocycles. The number of anilines is 1. The molecule has 4 aromatic rings. The van der Waals surface area contributed by atoms with Crippen LogP contribution in [0.25, 0.3) is 10.6 Å². The van der Waals surface area contributed by atoms with Crippen LogP contribution in [0.15, 0.2) is 72.9 Å². The van der Waals surface area contributed by atoms with Gasteiger partial charge in [-0.1, -0.05) is 18.2 Å². The number of aryl methyl sites for hydroxylation is 1. The zero-order chi connectivity index (χ0) is 26.6. The highest BCUT2D eigenvalue weighted by molar-refractivity contribution is 7.17. The van der Waals surface area contributed by atoms with Crippen molar-refractivity contribution in [2.24, 2.45) is 0 Å². The monoisotopic (exact) mass is 517 g/mol. The Hall–Kier alpha value is -4.24. The van der Waals surface area contributed by atoms with Crippen molar-refractivity contribution in [3.63, 3.8) is 0 Å². The van der Waals surface area contributed by atoms with E-state index >= 15 is 0 Å². The molecule has 0 radical (unpaired) electrons. The maximum absolute atomic E-state index is 13.8. The van der Waals surface area contributed by atoms with E-state index in [9.17, 15) is 14.7 Å². The molecule has 0 atom stereocenters. The van der Waals surface area contributed by atoms with Gasteiger partial charge in [0.15, 0.2) is 5.60 Å². The molecule has 2 aromatic carbocycles. The normalized spacial score (nSPS) is 11.1. The van der Waals surface area contributed by atoms with Crippen molar-refractivity contribution >= 4 is 29.0 Å². The highest BCUT2D eigenvalue weighted by Gasteiger charge is 2.29. The first-order chi connectivity index (χ1) is 17.7. The van der Waals surface area contributed by atoms with E-state index in [0.717, 1.165) is 21.9 Å². The lowest BCUT2D eigenvalue weighted by atomic mass is 10.1. The minimum atomic E-state index is -1.36. The van der Waals surface area contributed by atoms with Gasteiger partial charge >= 0.3 is 5.97 Å². The van der Waals surface area contributed by atoms with E-state index in [4.69, 9.17) is 9.47 Å². The van der Waals surface area contributed by atoms with Crippen molar-refractivity contribution in [3.8, 4) is 22.1 Å². The molecule has 37 heavy (non-hydrogen) atoms. The van der Waals surface area contributed by atoms with Crippen LogP contribution in [0.2, 0.25) is 0 Å². The molecule has 190 valence electrons. The average molecular weight is 518 g/mol. The summed E-state index contributed by atoms with van der Waals surface area (Å²) >= 11 is 1.33. The predicted molar refractivity (Wildman–Crippen MR) is 142 cm³/mol. The smallest absolute Gasteiger partial charge is 0.347 e. The van der Waals surface area contributed by atoms with E-state index in [2.05, 4.69) is 9.97 Å². The number of hydrogen-bond donors (Lipinski definition) is 1. The molecule has 0 spiro atoms. The summed E-state index contributed by atoms with van der Waals surface area (Å²) in [7, 11) is 1.61. The van der Waals surface area contributed by atoms with Gasteiger partial charge in [-0.15, -0.1) is 11.3 Å². The SMILES string of the molecule is COc1ccc(-c2nc(C)c(C(=O)N(Cc3ccc(OC(C)(C)C(=O)O)cc3)c3ccccn3)s2)cc1. The van der Waals surface area contributed by atoms with Crippen LogP contribution in [0.5, 0.6) is 11.5 Å². The first-order valence-corrected chi connectivity index (χ1v) is 12.4. The number of aliphatic carboxylic acids is 1. The minimum absolute atomic E-state index is 0.208. The van der Waals surface area contributed by atoms with Crippen molar-refractivity contribution in [1.82, 2.24) is 9.97 Å². The van der Waals surface area contributed by atoms with E-state index in [1.165, 1.54) is 25.2 Å². The second-order valence-corrected chi connectivity index (χ2v) is 9.80. The number of carboxylic acid groups (broad SMARTS) is 1. The molecule has 8 nitrogen and oxygen atoms in total. The highest BCUT2D eigenvalue weighted by atomic mass is 32.1. The number of amides is 1. The largest absolute Gasteiger partial charge is 0.497 e. The lowest BCUT2D eigenvalue weighted by Gasteiger charge is -2.23. The van der Waals surface area contributed by atoms with Gasteiger partial charge in [-0.05, 0) is 74.9 Å². The first kappa shape index (κ1) is 25.8. The number of nitrogens with zero attached hydrogens (tertiary/aromatic N) is 3. The number of methoxy groups -OCH3 is 1. The molecule has 2 heterocycles. The molecule has 0 unspecified atom stereocenters. The Morgan fingerprint density at radius 2 is 1.68 bits per heavy atom. The Morgan fingerprint density at radius 1 is 1.00 bits per heavy atom. The van der Waals surface area contributed by atoms with Gasteiger partial charge in [-0.2, -0.15) is 0 Å². The molecule has 0 aliphatic rings. The number of pyridine rings is 1. The number of ether oxygens (including phenoxy) is 2. The maximum Gasteiger partial charge on any atom is 0.347 e. The van der Waals surface area contributed by atoms with Crippen LogP contribution in [0, 0.1) is 6.92 Å². The number of carbonyl (C=O) groups is 2. The summed E-state index contributed by atoms with van der Waals surface area (Å²) in [6, 6.07) is 20.0. The number of hydrogen-bond acceptors (Lipinski definition) is 7. The summed E-state index contributed by atoms with van der Waals surface area (Å²) in [5, 5.41) is 10.0. The number of rotatable bonds is 9. The Morgan fingerprint density at radius 3 is 2.27 bits per heavy atom. The van der Waals surface area contributed by atoms with E-state index in [0.29, 0.717) is 22.1 Å². The summed E-state index contributed by atoms with van der Waals surface area (Å²) < 4.78 is 10.8.